The Balaban J connectivity index is 2.05. The lowest BCUT2D eigenvalue weighted by atomic mass is 10.3. The quantitative estimate of drug-likeness (QED) is 0.694. The third-order valence-electron chi connectivity index (χ3n) is 2.47. The third-order valence-corrected chi connectivity index (χ3v) is 2.47. The SMILES string of the molecule is Cn1cnc2c(Oc3cccc(F)c3)ncnc21. The van der Waals surface area contributed by atoms with E-state index in [0.717, 1.165) is 0 Å². The highest BCUT2D eigenvalue weighted by molar-refractivity contribution is 5.76. The number of fused-ring (bicyclic) bond motifs is 1. The van der Waals surface area contributed by atoms with E-state index in [4.69, 9.17) is 4.74 Å². The van der Waals surface area contributed by atoms with Gasteiger partial charge >= 0.3 is 0 Å². The standard InChI is InChI=1S/C12H9FN4O/c1-17-7-16-10-11(17)14-6-15-12(10)18-9-4-2-3-8(13)5-9/h2-7H,1H3. The van der Waals surface area contributed by atoms with Crippen molar-refractivity contribution in [3.8, 4) is 11.6 Å². The molecule has 0 radical (unpaired) electrons. The lowest BCUT2D eigenvalue weighted by molar-refractivity contribution is 0.462. The molecule has 3 aromatic rings. The highest BCUT2D eigenvalue weighted by Gasteiger charge is 2.10. The second kappa shape index (κ2) is 4.06. The molecule has 0 saturated heterocycles. The monoisotopic (exact) mass is 244 g/mol. The molecule has 0 N–H and O–H groups in total. The van der Waals surface area contributed by atoms with Crippen molar-refractivity contribution in [1.29, 1.82) is 0 Å². The highest BCUT2D eigenvalue weighted by atomic mass is 19.1. The van der Waals surface area contributed by atoms with Crippen molar-refractivity contribution in [3.05, 3.63) is 42.7 Å². The molecule has 0 aliphatic heterocycles. The maximum atomic E-state index is 13.1. The van der Waals surface area contributed by atoms with Crippen LogP contribution >= 0.6 is 0 Å². The van der Waals surface area contributed by atoms with E-state index in [9.17, 15) is 4.39 Å². The largest absolute Gasteiger partial charge is 0.437 e. The summed E-state index contributed by atoms with van der Waals surface area (Å²) in [7, 11) is 1.83. The Hall–Kier alpha value is -2.50. The molecule has 0 saturated carbocycles. The average molecular weight is 244 g/mol. The number of nitrogens with zero attached hydrogens (tertiary/aromatic N) is 4. The number of hydrogen-bond acceptors (Lipinski definition) is 4. The summed E-state index contributed by atoms with van der Waals surface area (Å²) in [5, 5.41) is 0. The van der Waals surface area contributed by atoms with Gasteiger partial charge in [-0.3, -0.25) is 0 Å². The zero-order valence-corrected chi connectivity index (χ0v) is 9.54. The molecule has 6 heteroatoms. The van der Waals surface area contributed by atoms with Gasteiger partial charge in [0.25, 0.3) is 5.88 Å². The van der Waals surface area contributed by atoms with Gasteiger partial charge < -0.3 is 9.30 Å². The molecule has 2 aromatic heterocycles. The van der Waals surface area contributed by atoms with Gasteiger partial charge in [0.2, 0.25) is 0 Å². The normalized spacial score (nSPS) is 10.8. The molecule has 0 bridgehead atoms. The second-order valence-corrected chi connectivity index (χ2v) is 3.77. The molecular formula is C12H9FN4O. The molecule has 0 spiro atoms. The van der Waals surface area contributed by atoms with Crippen LogP contribution < -0.4 is 4.74 Å². The molecule has 3 rings (SSSR count). The van der Waals surface area contributed by atoms with Gasteiger partial charge in [0.05, 0.1) is 6.33 Å². The number of rotatable bonds is 2. The van der Waals surface area contributed by atoms with Gasteiger partial charge in [-0.15, -0.1) is 0 Å². The summed E-state index contributed by atoms with van der Waals surface area (Å²) in [4.78, 5) is 12.3. The smallest absolute Gasteiger partial charge is 0.250 e. The first kappa shape index (κ1) is 10.6. The molecule has 0 aliphatic rings. The Morgan fingerprint density at radius 2 is 2.11 bits per heavy atom. The summed E-state index contributed by atoms with van der Waals surface area (Å²) < 4.78 is 20.3. The van der Waals surface area contributed by atoms with Crippen LogP contribution in [0.15, 0.2) is 36.9 Å². The van der Waals surface area contributed by atoms with Crippen molar-refractivity contribution >= 4 is 11.2 Å². The van der Waals surface area contributed by atoms with Crippen molar-refractivity contribution in [2.24, 2.45) is 7.05 Å². The molecule has 90 valence electrons. The summed E-state index contributed by atoms with van der Waals surface area (Å²) in [6.07, 6.45) is 3.01. The zero-order valence-electron chi connectivity index (χ0n) is 9.54. The van der Waals surface area contributed by atoms with Crippen LogP contribution in [0.3, 0.4) is 0 Å². The fraction of sp³-hybridized carbons (Fsp3) is 0.0833. The van der Waals surface area contributed by atoms with Crippen molar-refractivity contribution < 1.29 is 9.13 Å². The third kappa shape index (κ3) is 1.77. The summed E-state index contributed by atoms with van der Waals surface area (Å²) in [6.45, 7) is 0. The van der Waals surface area contributed by atoms with Gasteiger partial charge in [0.1, 0.15) is 17.9 Å². The predicted octanol–water partition coefficient (Wildman–Crippen LogP) is 2.29. The van der Waals surface area contributed by atoms with Crippen LogP contribution in [0.25, 0.3) is 11.2 Å². The molecule has 5 nitrogen and oxygen atoms in total. The van der Waals surface area contributed by atoms with Crippen LogP contribution in [0.2, 0.25) is 0 Å². The molecule has 0 aliphatic carbocycles. The number of aryl methyl sites for hydroxylation is 1. The summed E-state index contributed by atoms with van der Waals surface area (Å²) in [5.41, 5.74) is 1.21. The lowest BCUT2D eigenvalue weighted by Crippen LogP contribution is -1.93. The van der Waals surface area contributed by atoms with Gasteiger partial charge in [-0.05, 0) is 12.1 Å². The van der Waals surface area contributed by atoms with E-state index in [1.54, 1.807) is 23.0 Å². The number of aromatic nitrogens is 4. The Morgan fingerprint density at radius 3 is 2.94 bits per heavy atom. The molecule has 0 amide bonds. The fourth-order valence-corrected chi connectivity index (χ4v) is 1.64. The van der Waals surface area contributed by atoms with Gasteiger partial charge in [0.15, 0.2) is 11.2 Å². The number of benzene rings is 1. The van der Waals surface area contributed by atoms with E-state index >= 15 is 0 Å². The highest BCUT2D eigenvalue weighted by Crippen LogP contribution is 2.25. The zero-order chi connectivity index (χ0) is 12.5. The maximum absolute atomic E-state index is 13.1. The molecule has 1 aromatic carbocycles. The van der Waals surface area contributed by atoms with E-state index in [1.165, 1.54) is 18.5 Å². The maximum Gasteiger partial charge on any atom is 0.250 e. The van der Waals surface area contributed by atoms with Crippen LogP contribution in [0.1, 0.15) is 0 Å². The van der Waals surface area contributed by atoms with Crippen molar-refractivity contribution in [3.63, 3.8) is 0 Å². The minimum atomic E-state index is -0.362. The topological polar surface area (TPSA) is 52.8 Å². The number of hydrogen-bond donors (Lipinski definition) is 0. The van der Waals surface area contributed by atoms with Crippen LogP contribution in [0.5, 0.6) is 11.6 Å². The average Bonchev–Trinajstić information content (AvgIpc) is 2.73. The van der Waals surface area contributed by atoms with E-state index < -0.39 is 0 Å². The van der Waals surface area contributed by atoms with Crippen LogP contribution in [-0.2, 0) is 7.05 Å². The minimum absolute atomic E-state index is 0.311. The van der Waals surface area contributed by atoms with Crippen LogP contribution in [0.4, 0.5) is 4.39 Å². The number of imidazole rings is 1. The van der Waals surface area contributed by atoms with Crippen LogP contribution in [0, 0.1) is 5.82 Å². The first-order valence-electron chi connectivity index (χ1n) is 5.29. The molecule has 0 unspecified atom stereocenters. The molecule has 0 atom stereocenters. The Morgan fingerprint density at radius 1 is 1.22 bits per heavy atom. The van der Waals surface area contributed by atoms with Gasteiger partial charge in [0, 0.05) is 13.1 Å². The van der Waals surface area contributed by atoms with Crippen LogP contribution in [-0.4, -0.2) is 19.5 Å². The Bertz CT molecular complexity index is 710. The lowest BCUT2D eigenvalue weighted by Gasteiger charge is -2.04. The molecule has 2 heterocycles. The second-order valence-electron chi connectivity index (χ2n) is 3.77. The van der Waals surface area contributed by atoms with Crippen molar-refractivity contribution in [1.82, 2.24) is 19.5 Å². The van der Waals surface area contributed by atoms with E-state index in [1.807, 2.05) is 7.05 Å². The predicted molar refractivity (Wildman–Crippen MR) is 62.8 cm³/mol. The molecular weight excluding hydrogens is 235 g/mol. The van der Waals surface area contributed by atoms with Gasteiger partial charge in [-0.2, -0.15) is 4.98 Å². The van der Waals surface area contributed by atoms with E-state index in [0.29, 0.717) is 22.8 Å². The summed E-state index contributed by atoms with van der Waals surface area (Å²) in [5.74, 6) is 0.325. The first-order chi connectivity index (χ1) is 8.74. The van der Waals surface area contributed by atoms with E-state index in [-0.39, 0.29) is 5.82 Å². The number of halogens is 1. The number of ether oxygens (including phenoxy) is 1. The van der Waals surface area contributed by atoms with Gasteiger partial charge in [-0.25, -0.2) is 14.4 Å². The van der Waals surface area contributed by atoms with Gasteiger partial charge in [-0.1, -0.05) is 6.07 Å². The Kier molecular flexibility index (Phi) is 2.40. The summed E-state index contributed by atoms with van der Waals surface area (Å²) >= 11 is 0. The molecule has 18 heavy (non-hydrogen) atoms. The van der Waals surface area contributed by atoms with Crippen molar-refractivity contribution in [2.75, 3.05) is 0 Å². The summed E-state index contributed by atoms with van der Waals surface area (Å²) in [6, 6.07) is 5.86. The van der Waals surface area contributed by atoms with Crippen molar-refractivity contribution in [2.45, 2.75) is 0 Å². The molecule has 0 fully saturated rings. The Labute approximate surface area is 102 Å². The van der Waals surface area contributed by atoms with E-state index in [2.05, 4.69) is 15.0 Å². The fourth-order valence-electron chi connectivity index (χ4n) is 1.64. The minimum Gasteiger partial charge on any atom is -0.437 e. The first-order valence-corrected chi connectivity index (χ1v) is 5.29.